The van der Waals surface area contributed by atoms with E-state index in [0.29, 0.717) is 31.0 Å². The van der Waals surface area contributed by atoms with Crippen LogP contribution in [0.2, 0.25) is 0 Å². The van der Waals surface area contributed by atoms with Crippen LogP contribution < -0.4 is 4.74 Å². The van der Waals surface area contributed by atoms with Crippen molar-refractivity contribution in [1.82, 2.24) is 9.80 Å². The van der Waals surface area contributed by atoms with Gasteiger partial charge in [0.2, 0.25) is 0 Å². The first-order valence-corrected chi connectivity index (χ1v) is 13.5. The number of carbonyl (C=O) groups is 2. The smallest absolute Gasteiger partial charge is 0.295 e. The average molecular weight is 507 g/mol. The summed E-state index contributed by atoms with van der Waals surface area (Å²) in [5.41, 5.74) is 2.57. The summed E-state index contributed by atoms with van der Waals surface area (Å²) in [5.74, 6) is -0.670. The van der Waals surface area contributed by atoms with Crippen LogP contribution in [0.4, 0.5) is 0 Å². The molecule has 37 heavy (non-hydrogen) atoms. The van der Waals surface area contributed by atoms with Crippen LogP contribution in [0, 0.1) is 0 Å². The zero-order chi connectivity index (χ0) is 27.2. The maximum atomic E-state index is 13.3. The molecule has 1 amide bonds. The molecule has 0 aromatic heterocycles. The van der Waals surface area contributed by atoms with Crippen LogP contribution in [0.1, 0.15) is 77.1 Å². The number of benzene rings is 2. The molecule has 1 heterocycles. The van der Waals surface area contributed by atoms with Crippen molar-refractivity contribution in [2.45, 2.75) is 65.8 Å². The molecule has 6 nitrogen and oxygen atoms in total. The number of Topliss-reactive ketones (excluding diaryl/α,β-unsaturated/α-hetero) is 1. The van der Waals surface area contributed by atoms with E-state index in [1.165, 1.54) is 0 Å². The van der Waals surface area contributed by atoms with Crippen molar-refractivity contribution in [2.24, 2.45) is 0 Å². The fourth-order valence-corrected chi connectivity index (χ4v) is 4.61. The topological polar surface area (TPSA) is 70.1 Å². The molecule has 1 N–H and O–H groups in total. The first-order chi connectivity index (χ1) is 17.6. The van der Waals surface area contributed by atoms with Gasteiger partial charge < -0.3 is 19.6 Å². The second-order valence-corrected chi connectivity index (χ2v) is 10.6. The first-order valence-electron chi connectivity index (χ1n) is 13.5. The molecule has 0 aliphatic carbocycles. The van der Waals surface area contributed by atoms with E-state index >= 15 is 0 Å². The number of ether oxygens (including phenoxy) is 1. The van der Waals surface area contributed by atoms with Crippen LogP contribution in [0.25, 0.3) is 5.76 Å². The van der Waals surface area contributed by atoms with Gasteiger partial charge in [-0.2, -0.15) is 0 Å². The molecule has 3 rings (SSSR count). The number of ketones is 1. The Kier molecular flexibility index (Phi) is 9.55. The molecule has 2 aromatic carbocycles. The number of hydrogen-bond acceptors (Lipinski definition) is 5. The third-order valence-corrected chi connectivity index (χ3v) is 7.08. The number of nitrogens with zero attached hydrogens (tertiary/aromatic N) is 2. The molecule has 0 radical (unpaired) electrons. The highest BCUT2D eigenvalue weighted by Gasteiger charge is 2.46. The number of likely N-dealkylation sites (tertiary alicyclic amines) is 1. The molecule has 1 saturated heterocycles. The molecule has 0 saturated carbocycles. The van der Waals surface area contributed by atoms with Crippen LogP contribution in [-0.2, 0) is 15.0 Å². The highest BCUT2D eigenvalue weighted by molar-refractivity contribution is 6.46. The number of amides is 1. The van der Waals surface area contributed by atoms with Crippen molar-refractivity contribution in [1.29, 1.82) is 0 Å². The van der Waals surface area contributed by atoms with Crippen molar-refractivity contribution in [3.05, 3.63) is 70.8 Å². The normalized spacial score (nSPS) is 17.6. The zero-order valence-electron chi connectivity index (χ0n) is 23.2. The summed E-state index contributed by atoms with van der Waals surface area (Å²) in [4.78, 5) is 30.4. The van der Waals surface area contributed by atoms with Crippen LogP contribution in [-0.4, -0.2) is 59.4 Å². The summed E-state index contributed by atoms with van der Waals surface area (Å²) in [5, 5.41) is 11.3. The summed E-state index contributed by atoms with van der Waals surface area (Å²) in [6.45, 7) is 16.1. The van der Waals surface area contributed by atoms with Gasteiger partial charge >= 0.3 is 0 Å². The summed E-state index contributed by atoms with van der Waals surface area (Å²) in [7, 11) is 0. The summed E-state index contributed by atoms with van der Waals surface area (Å²) in [6, 6.07) is 14.4. The fraction of sp³-hybridized carbons (Fsp3) is 0.484. The number of rotatable bonds is 11. The lowest BCUT2D eigenvalue weighted by molar-refractivity contribution is -0.140. The Morgan fingerprint density at radius 3 is 2.14 bits per heavy atom. The Bertz CT molecular complexity index is 1090. The van der Waals surface area contributed by atoms with Crippen molar-refractivity contribution >= 4 is 17.4 Å². The number of carbonyl (C=O) groups excluding carboxylic acids is 2. The molecular weight excluding hydrogens is 464 g/mol. The van der Waals surface area contributed by atoms with Crippen LogP contribution in [0.5, 0.6) is 5.75 Å². The quantitative estimate of drug-likeness (QED) is 0.177. The van der Waals surface area contributed by atoms with E-state index in [4.69, 9.17) is 4.74 Å². The summed E-state index contributed by atoms with van der Waals surface area (Å²) >= 11 is 0. The van der Waals surface area contributed by atoms with Crippen molar-refractivity contribution in [3.63, 3.8) is 0 Å². The minimum Gasteiger partial charge on any atom is -0.507 e. The second-order valence-electron chi connectivity index (χ2n) is 10.6. The Hall–Kier alpha value is -3.12. The number of aliphatic hydroxyl groups excluding tert-OH is 1. The molecule has 0 bridgehead atoms. The third-order valence-electron chi connectivity index (χ3n) is 7.08. The van der Waals surface area contributed by atoms with Gasteiger partial charge in [0.05, 0.1) is 18.2 Å². The van der Waals surface area contributed by atoms with E-state index in [9.17, 15) is 14.7 Å². The number of likely N-dealkylation sites (N-methyl/N-ethyl adjacent to an activating group) is 1. The van der Waals surface area contributed by atoms with Crippen LogP contribution in [0.15, 0.2) is 54.1 Å². The van der Waals surface area contributed by atoms with Crippen molar-refractivity contribution < 1.29 is 19.4 Å². The van der Waals surface area contributed by atoms with E-state index in [0.717, 1.165) is 37.1 Å². The monoisotopic (exact) mass is 506 g/mol. The standard InChI is InChI=1S/C31H42N2O4/c1-7-10-21-37-25-17-13-23(14-18-25)28(34)26-27(22-11-15-24(16-12-22)31(4,5)6)33(30(36)29(26)35)20-19-32(8-2)9-3/h11-18,27,34H,7-10,19-21H2,1-6H3/b28-26+. The van der Waals surface area contributed by atoms with Gasteiger partial charge in [-0.3, -0.25) is 9.59 Å². The highest BCUT2D eigenvalue weighted by Crippen LogP contribution is 2.40. The minimum atomic E-state index is -0.648. The van der Waals surface area contributed by atoms with Gasteiger partial charge in [-0.25, -0.2) is 0 Å². The molecule has 1 atom stereocenters. The molecular formula is C31H42N2O4. The molecule has 1 aliphatic heterocycles. The lowest BCUT2D eigenvalue weighted by atomic mass is 9.85. The molecule has 0 spiro atoms. The number of aliphatic hydroxyl groups is 1. The van der Waals surface area contributed by atoms with E-state index < -0.39 is 17.7 Å². The van der Waals surface area contributed by atoms with E-state index in [2.05, 4.69) is 46.4 Å². The lowest BCUT2D eigenvalue weighted by Crippen LogP contribution is -2.38. The Balaban J connectivity index is 2.02. The molecule has 6 heteroatoms. The SMILES string of the molecule is CCCCOc1ccc(/C(O)=C2\C(=O)C(=O)N(CCN(CC)CC)C2c2ccc(C(C)(C)C)cc2)cc1. The predicted octanol–water partition coefficient (Wildman–Crippen LogP) is 5.93. The highest BCUT2D eigenvalue weighted by atomic mass is 16.5. The molecule has 200 valence electrons. The maximum Gasteiger partial charge on any atom is 0.295 e. The average Bonchev–Trinajstić information content (AvgIpc) is 3.14. The summed E-state index contributed by atoms with van der Waals surface area (Å²) < 4.78 is 5.73. The molecule has 1 fully saturated rings. The second kappa shape index (κ2) is 12.4. The Morgan fingerprint density at radius 2 is 1.59 bits per heavy atom. The molecule has 2 aromatic rings. The molecule has 1 unspecified atom stereocenters. The van der Waals surface area contributed by atoms with Gasteiger partial charge in [-0.15, -0.1) is 0 Å². The number of hydrogen-bond donors (Lipinski definition) is 1. The van der Waals surface area contributed by atoms with Gasteiger partial charge in [-0.1, -0.05) is 72.2 Å². The summed E-state index contributed by atoms with van der Waals surface area (Å²) in [6.07, 6.45) is 2.01. The molecule has 1 aliphatic rings. The van der Waals surface area contributed by atoms with E-state index in [1.807, 2.05) is 24.3 Å². The Morgan fingerprint density at radius 1 is 0.973 bits per heavy atom. The van der Waals surface area contributed by atoms with Gasteiger partial charge in [0, 0.05) is 18.7 Å². The Labute approximate surface area is 221 Å². The van der Waals surface area contributed by atoms with Crippen molar-refractivity contribution in [3.8, 4) is 5.75 Å². The third kappa shape index (κ3) is 6.61. The van der Waals surface area contributed by atoms with Gasteiger partial charge in [0.25, 0.3) is 11.7 Å². The van der Waals surface area contributed by atoms with Gasteiger partial charge in [-0.05, 0) is 60.3 Å². The van der Waals surface area contributed by atoms with Crippen LogP contribution >= 0.6 is 0 Å². The van der Waals surface area contributed by atoms with Gasteiger partial charge in [0.15, 0.2) is 0 Å². The number of unbranched alkanes of at least 4 members (excludes halogenated alkanes) is 1. The van der Waals surface area contributed by atoms with Crippen molar-refractivity contribution in [2.75, 3.05) is 32.8 Å². The van der Waals surface area contributed by atoms with Crippen LogP contribution in [0.3, 0.4) is 0 Å². The fourth-order valence-electron chi connectivity index (χ4n) is 4.61. The zero-order valence-corrected chi connectivity index (χ0v) is 23.2. The maximum absolute atomic E-state index is 13.3. The first kappa shape index (κ1) is 28.5. The minimum absolute atomic E-state index is 0.0238. The van der Waals surface area contributed by atoms with Gasteiger partial charge in [0.1, 0.15) is 11.5 Å². The largest absolute Gasteiger partial charge is 0.507 e. The van der Waals surface area contributed by atoms with E-state index in [-0.39, 0.29) is 16.7 Å². The van der Waals surface area contributed by atoms with E-state index in [1.54, 1.807) is 29.2 Å². The lowest BCUT2D eigenvalue weighted by Gasteiger charge is -2.28. The predicted molar refractivity (Wildman–Crippen MR) is 149 cm³/mol.